The van der Waals surface area contributed by atoms with Crippen molar-refractivity contribution in [3.8, 4) is 11.5 Å². The van der Waals surface area contributed by atoms with Gasteiger partial charge in [-0.3, -0.25) is 0 Å². The van der Waals surface area contributed by atoms with Crippen molar-refractivity contribution in [2.75, 3.05) is 13.2 Å². The molecule has 0 saturated heterocycles. The van der Waals surface area contributed by atoms with Crippen molar-refractivity contribution < 1.29 is 9.47 Å². The lowest BCUT2D eigenvalue weighted by molar-refractivity contribution is 0.258. The van der Waals surface area contributed by atoms with Crippen molar-refractivity contribution in [3.63, 3.8) is 0 Å². The Kier molecular flexibility index (Phi) is 10.7. The fraction of sp³-hybridized carbons (Fsp3) is 0.667. The fourth-order valence-electron chi connectivity index (χ4n) is 2.14. The average Bonchev–Trinajstić information content (AvgIpc) is 2.48. The summed E-state index contributed by atoms with van der Waals surface area (Å²) in [6.45, 7) is 6.02. The van der Waals surface area contributed by atoms with Crippen LogP contribution in [0.1, 0.15) is 65.2 Å². The highest BCUT2D eigenvalue weighted by Crippen LogP contribution is 2.29. The van der Waals surface area contributed by atoms with Crippen LogP contribution in [0.5, 0.6) is 11.5 Å². The van der Waals surface area contributed by atoms with Crippen molar-refractivity contribution >= 4 is 22.6 Å². The van der Waals surface area contributed by atoms with Gasteiger partial charge in [-0.1, -0.05) is 52.4 Å². The summed E-state index contributed by atoms with van der Waals surface area (Å²) in [6.07, 6.45) is 9.82. The average molecular weight is 404 g/mol. The van der Waals surface area contributed by atoms with Gasteiger partial charge in [-0.15, -0.1) is 0 Å². The van der Waals surface area contributed by atoms with Gasteiger partial charge in [-0.05, 0) is 53.6 Å². The van der Waals surface area contributed by atoms with E-state index < -0.39 is 0 Å². The second-order valence-electron chi connectivity index (χ2n) is 5.41. The van der Waals surface area contributed by atoms with E-state index in [1.807, 2.05) is 6.07 Å². The van der Waals surface area contributed by atoms with Gasteiger partial charge < -0.3 is 9.47 Å². The monoisotopic (exact) mass is 404 g/mol. The molecule has 0 heterocycles. The van der Waals surface area contributed by atoms with Crippen LogP contribution in [0.4, 0.5) is 0 Å². The molecule has 0 aromatic heterocycles. The van der Waals surface area contributed by atoms with E-state index >= 15 is 0 Å². The molecule has 1 aromatic rings. The predicted molar refractivity (Wildman–Crippen MR) is 98.4 cm³/mol. The van der Waals surface area contributed by atoms with Crippen LogP contribution < -0.4 is 9.47 Å². The van der Waals surface area contributed by atoms with Crippen molar-refractivity contribution in [2.45, 2.75) is 65.2 Å². The Labute approximate surface area is 143 Å². The number of rotatable bonds is 12. The van der Waals surface area contributed by atoms with Crippen molar-refractivity contribution in [2.24, 2.45) is 0 Å². The molecule has 0 N–H and O–H groups in total. The van der Waals surface area contributed by atoms with E-state index in [4.69, 9.17) is 9.47 Å². The molecule has 0 aliphatic carbocycles. The molecule has 0 fully saturated rings. The minimum atomic E-state index is 0.784. The van der Waals surface area contributed by atoms with Gasteiger partial charge in [0.1, 0.15) is 0 Å². The van der Waals surface area contributed by atoms with E-state index in [1.54, 1.807) is 0 Å². The topological polar surface area (TPSA) is 18.5 Å². The van der Waals surface area contributed by atoms with Crippen LogP contribution in [-0.4, -0.2) is 13.2 Å². The molecule has 2 nitrogen and oxygen atoms in total. The van der Waals surface area contributed by atoms with E-state index in [1.165, 1.54) is 42.1 Å². The molecule has 0 bridgehead atoms. The van der Waals surface area contributed by atoms with Gasteiger partial charge in [-0.25, -0.2) is 0 Å². The summed E-state index contributed by atoms with van der Waals surface area (Å²) < 4.78 is 13.0. The van der Waals surface area contributed by atoms with Gasteiger partial charge in [-0.2, -0.15) is 0 Å². The Morgan fingerprint density at radius 2 is 1.33 bits per heavy atom. The molecule has 0 unspecified atom stereocenters. The Morgan fingerprint density at radius 1 is 0.762 bits per heavy atom. The summed E-state index contributed by atoms with van der Waals surface area (Å²) in [5, 5.41) is 0. The van der Waals surface area contributed by atoms with Crippen LogP contribution in [0.3, 0.4) is 0 Å². The Bertz CT molecular complexity index is 379. The Morgan fingerprint density at radius 3 is 1.90 bits per heavy atom. The highest BCUT2D eigenvalue weighted by atomic mass is 127. The maximum Gasteiger partial charge on any atom is 0.162 e. The summed E-state index contributed by atoms with van der Waals surface area (Å²) in [6, 6.07) is 6.18. The third-order valence-electron chi connectivity index (χ3n) is 3.42. The smallest absolute Gasteiger partial charge is 0.162 e. The van der Waals surface area contributed by atoms with Gasteiger partial charge in [0.05, 0.1) is 13.2 Å². The third kappa shape index (κ3) is 8.54. The summed E-state index contributed by atoms with van der Waals surface area (Å²) in [4.78, 5) is 0. The summed E-state index contributed by atoms with van der Waals surface area (Å²) in [5.41, 5.74) is 0. The lowest BCUT2D eigenvalue weighted by Crippen LogP contribution is -2.03. The molecule has 0 aliphatic heterocycles. The molecular formula is C18H29IO2. The molecule has 120 valence electrons. The van der Waals surface area contributed by atoms with Crippen molar-refractivity contribution in [3.05, 3.63) is 21.8 Å². The molecule has 0 saturated carbocycles. The highest BCUT2D eigenvalue weighted by molar-refractivity contribution is 14.1. The zero-order chi connectivity index (χ0) is 15.3. The largest absolute Gasteiger partial charge is 0.490 e. The molecule has 21 heavy (non-hydrogen) atoms. The van der Waals surface area contributed by atoms with Crippen LogP contribution in [0.25, 0.3) is 0 Å². The normalized spacial score (nSPS) is 10.6. The molecular weight excluding hydrogens is 375 g/mol. The van der Waals surface area contributed by atoms with Crippen LogP contribution in [-0.2, 0) is 0 Å². The Balaban J connectivity index is 2.39. The minimum absolute atomic E-state index is 0.784. The number of hydrogen-bond donors (Lipinski definition) is 0. The molecule has 0 amide bonds. The Hall–Kier alpha value is -0.450. The van der Waals surface area contributed by atoms with Gasteiger partial charge in [0, 0.05) is 3.57 Å². The van der Waals surface area contributed by atoms with Crippen molar-refractivity contribution in [1.82, 2.24) is 0 Å². The van der Waals surface area contributed by atoms with Crippen LogP contribution >= 0.6 is 22.6 Å². The number of unbranched alkanes of at least 4 members (excludes halogenated alkanes) is 6. The summed E-state index contributed by atoms with van der Waals surface area (Å²) in [5.74, 6) is 1.79. The number of benzene rings is 1. The number of halogens is 1. The fourth-order valence-corrected chi connectivity index (χ4v) is 2.60. The first kappa shape index (κ1) is 18.6. The first-order valence-corrected chi connectivity index (χ1v) is 9.41. The third-order valence-corrected chi connectivity index (χ3v) is 4.09. The van der Waals surface area contributed by atoms with Gasteiger partial charge in [0.15, 0.2) is 11.5 Å². The number of ether oxygens (including phenoxy) is 2. The molecule has 0 atom stereocenters. The van der Waals surface area contributed by atoms with E-state index in [-0.39, 0.29) is 0 Å². The molecule has 0 spiro atoms. The van der Waals surface area contributed by atoms with Crippen LogP contribution in [0.2, 0.25) is 0 Å². The molecule has 0 aliphatic rings. The van der Waals surface area contributed by atoms with E-state index in [9.17, 15) is 0 Å². The maximum atomic E-state index is 5.91. The predicted octanol–water partition coefficient (Wildman–Crippen LogP) is 6.21. The summed E-state index contributed by atoms with van der Waals surface area (Å²) >= 11 is 2.32. The molecule has 1 rings (SSSR count). The second-order valence-corrected chi connectivity index (χ2v) is 6.65. The lowest BCUT2D eigenvalue weighted by Gasteiger charge is -2.13. The van der Waals surface area contributed by atoms with E-state index in [0.29, 0.717) is 0 Å². The van der Waals surface area contributed by atoms with E-state index in [2.05, 4.69) is 48.6 Å². The molecule has 0 radical (unpaired) electrons. The standard InChI is InChI=1S/C18H29IO2/c1-3-5-7-9-13-20-17-12-11-16(19)15-18(17)21-14-10-8-6-4-2/h11-12,15H,3-10,13-14H2,1-2H3. The zero-order valence-electron chi connectivity index (χ0n) is 13.5. The van der Waals surface area contributed by atoms with Crippen LogP contribution in [0.15, 0.2) is 18.2 Å². The minimum Gasteiger partial charge on any atom is -0.490 e. The second kappa shape index (κ2) is 12.1. The quantitative estimate of drug-likeness (QED) is 0.305. The SMILES string of the molecule is CCCCCCOc1ccc(I)cc1OCCCCCC. The first-order valence-electron chi connectivity index (χ1n) is 8.33. The number of hydrogen-bond acceptors (Lipinski definition) is 2. The maximum absolute atomic E-state index is 5.91. The first-order chi connectivity index (χ1) is 10.3. The van der Waals surface area contributed by atoms with Gasteiger partial charge in [0.25, 0.3) is 0 Å². The summed E-state index contributed by atoms with van der Waals surface area (Å²) in [7, 11) is 0. The van der Waals surface area contributed by atoms with E-state index in [0.717, 1.165) is 37.6 Å². The lowest BCUT2D eigenvalue weighted by atomic mass is 10.2. The molecule has 1 aromatic carbocycles. The molecule has 3 heteroatoms. The van der Waals surface area contributed by atoms with Crippen LogP contribution in [0, 0.1) is 3.57 Å². The van der Waals surface area contributed by atoms with Gasteiger partial charge >= 0.3 is 0 Å². The van der Waals surface area contributed by atoms with Crippen molar-refractivity contribution in [1.29, 1.82) is 0 Å². The highest BCUT2D eigenvalue weighted by Gasteiger charge is 2.06. The van der Waals surface area contributed by atoms with Gasteiger partial charge in [0.2, 0.25) is 0 Å². The zero-order valence-corrected chi connectivity index (χ0v) is 15.7.